The van der Waals surface area contributed by atoms with E-state index in [9.17, 15) is 30.0 Å². The molecule has 25 heavy (non-hydrogen) atoms. The lowest BCUT2D eigenvalue weighted by atomic mass is 9.89. The van der Waals surface area contributed by atoms with Crippen LogP contribution in [0, 0.1) is 5.92 Å². The number of esters is 1. The summed E-state index contributed by atoms with van der Waals surface area (Å²) in [6.07, 6.45) is -7.36. The fraction of sp³-hybridized carbons (Fsp3) is 0.857. The van der Waals surface area contributed by atoms with Crippen LogP contribution in [0.5, 0.6) is 0 Å². The average molecular weight is 366 g/mol. The van der Waals surface area contributed by atoms with E-state index in [0.29, 0.717) is 0 Å². The molecule has 0 aromatic heterocycles. The van der Waals surface area contributed by atoms with Gasteiger partial charge in [0.05, 0.1) is 12.1 Å². The van der Waals surface area contributed by atoms with Crippen LogP contribution >= 0.6 is 0 Å². The third-order valence-electron chi connectivity index (χ3n) is 4.09. The molecule has 1 aliphatic heterocycles. The van der Waals surface area contributed by atoms with Crippen LogP contribution in [0.25, 0.3) is 0 Å². The molecule has 1 saturated heterocycles. The molecular weight excluding hydrogens is 340 g/mol. The van der Waals surface area contributed by atoms with Crippen molar-refractivity contribution in [2.24, 2.45) is 17.4 Å². The monoisotopic (exact) mass is 366 g/mol. The molecule has 0 spiro atoms. The lowest BCUT2D eigenvalue weighted by Gasteiger charge is -2.43. The summed E-state index contributed by atoms with van der Waals surface area (Å²) >= 11 is 0. The van der Waals surface area contributed by atoms with Gasteiger partial charge >= 0.3 is 11.9 Å². The van der Waals surface area contributed by atoms with E-state index in [0.717, 1.165) is 0 Å². The Hall–Kier alpha value is -1.34. The number of nitrogens with two attached hydrogens (primary N) is 2. The first-order valence-corrected chi connectivity index (χ1v) is 7.76. The molecule has 0 aliphatic carbocycles. The van der Waals surface area contributed by atoms with Crippen LogP contribution < -0.4 is 11.5 Å². The Morgan fingerprint density at radius 1 is 1.36 bits per heavy atom. The van der Waals surface area contributed by atoms with E-state index in [1.54, 1.807) is 13.8 Å². The smallest absolute Gasteiger partial charge is 0.364 e. The Morgan fingerprint density at radius 2 is 1.92 bits per heavy atom. The predicted molar refractivity (Wildman–Crippen MR) is 81.8 cm³/mol. The first-order valence-electron chi connectivity index (χ1n) is 7.76. The number of carboxylic acids is 1. The van der Waals surface area contributed by atoms with Gasteiger partial charge in [0.1, 0.15) is 31.0 Å². The van der Waals surface area contributed by atoms with E-state index < -0.39 is 67.3 Å². The van der Waals surface area contributed by atoms with Gasteiger partial charge in [-0.1, -0.05) is 13.8 Å². The molecule has 1 fully saturated rings. The van der Waals surface area contributed by atoms with Crippen molar-refractivity contribution in [3.8, 4) is 0 Å². The second kappa shape index (κ2) is 8.36. The van der Waals surface area contributed by atoms with Crippen molar-refractivity contribution >= 4 is 11.9 Å². The average Bonchev–Trinajstić information content (AvgIpc) is 2.53. The highest BCUT2D eigenvalue weighted by atomic mass is 16.7. The number of hydrogen-bond donors (Lipinski definition) is 7. The number of rotatable bonds is 7. The van der Waals surface area contributed by atoms with Crippen LogP contribution in [0.3, 0.4) is 0 Å². The first kappa shape index (κ1) is 21.7. The summed E-state index contributed by atoms with van der Waals surface area (Å²) in [5.74, 6) is -5.54. The number of carbonyl (C=O) groups is 2. The Bertz CT molecular complexity index is 489. The molecule has 1 heterocycles. The van der Waals surface area contributed by atoms with Crippen molar-refractivity contribution in [1.82, 2.24) is 0 Å². The zero-order valence-corrected chi connectivity index (χ0v) is 14.0. The normalized spacial score (nSPS) is 33.6. The minimum Gasteiger partial charge on any atom is -0.477 e. The number of hydrogen-bond acceptors (Lipinski definition) is 10. The highest BCUT2D eigenvalue weighted by molar-refractivity contribution is 5.76. The molecule has 0 amide bonds. The van der Waals surface area contributed by atoms with Gasteiger partial charge in [-0.3, -0.25) is 4.79 Å². The molecule has 0 saturated carbocycles. The van der Waals surface area contributed by atoms with Gasteiger partial charge < -0.3 is 46.5 Å². The van der Waals surface area contributed by atoms with E-state index in [-0.39, 0.29) is 5.92 Å². The van der Waals surface area contributed by atoms with Gasteiger partial charge in [-0.05, 0) is 5.92 Å². The maximum absolute atomic E-state index is 11.6. The van der Waals surface area contributed by atoms with Crippen LogP contribution in [0.2, 0.25) is 0 Å². The van der Waals surface area contributed by atoms with Gasteiger partial charge in [0.25, 0.3) is 5.79 Å². The van der Waals surface area contributed by atoms with Gasteiger partial charge in [-0.25, -0.2) is 4.79 Å². The zero-order valence-electron chi connectivity index (χ0n) is 14.0. The summed E-state index contributed by atoms with van der Waals surface area (Å²) in [7, 11) is 0. The molecule has 0 aromatic rings. The van der Waals surface area contributed by atoms with Crippen molar-refractivity contribution < 1.29 is 44.6 Å². The Balaban J connectivity index is 2.74. The molecule has 9 N–H and O–H groups in total. The summed E-state index contributed by atoms with van der Waals surface area (Å²) in [5, 5.41) is 48.7. The number of carbonyl (C=O) groups excluding carboxylic acids is 1. The van der Waals surface area contributed by atoms with Crippen LogP contribution in [-0.2, 0) is 19.1 Å². The molecule has 1 aliphatic rings. The molecule has 146 valence electrons. The van der Waals surface area contributed by atoms with Crippen molar-refractivity contribution in [3.63, 3.8) is 0 Å². The van der Waals surface area contributed by atoms with Gasteiger partial charge in [0, 0.05) is 6.42 Å². The third-order valence-corrected chi connectivity index (χ3v) is 4.09. The van der Waals surface area contributed by atoms with E-state index in [1.807, 2.05) is 0 Å². The molecule has 11 nitrogen and oxygen atoms in total. The largest absolute Gasteiger partial charge is 0.477 e. The molecule has 7 unspecified atom stereocenters. The van der Waals surface area contributed by atoms with Crippen LogP contribution in [0.1, 0.15) is 20.3 Å². The molecule has 1 rings (SSSR count). The zero-order chi connectivity index (χ0) is 19.5. The fourth-order valence-corrected chi connectivity index (χ4v) is 2.28. The summed E-state index contributed by atoms with van der Waals surface area (Å²) < 4.78 is 9.68. The number of aliphatic hydroxyl groups excluding tert-OH is 3. The molecule has 7 atom stereocenters. The van der Waals surface area contributed by atoms with E-state index >= 15 is 0 Å². The minimum absolute atomic E-state index is 0.203. The number of aliphatic hydroxyl groups is 4. The fourth-order valence-electron chi connectivity index (χ4n) is 2.28. The maximum Gasteiger partial charge on any atom is 0.364 e. The van der Waals surface area contributed by atoms with Crippen LogP contribution in [-0.4, -0.2) is 86.4 Å². The SMILES string of the molecule is CC(C)C(N)C(=O)OCC(O)C(O)C1OC(O)(C(=O)O)CC(O)C1N. The molecule has 0 radical (unpaired) electrons. The molecule has 11 heteroatoms. The van der Waals surface area contributed by atoms with Gasteiger partial charge in [0.15, 0.2) is 0 Å². The second-order valence-corrected chi connectivity index (χ2v) is 6.48. The Morgan fingerprint density at radius 3 is 2.40 bits per heavy atom. The lowest BCUT2D eigenvalue weighted by Crippen LogP contribution is -2.65. The van der Waals surface area contributed by atoms with E-state index in [2.05, 4.69) is 0 Å². The molecule has 0 aromatic carbocycles. The van der Waals surface area contributed by atoms with Gasteiger partial charge in [0.2, 0.25) is 0 Å². The van der Waals surface area contributed by atoms with E-state index in [1.165, 1.54) is 0 Å². The van der Waals surface area contributed by atoms with Crippen molar-refractivity contribution in [1.29, 1.82) is 0 Å². The highest BCUT2D eigenvalue weighted by Crippen LogP contribution is 2.29. The molecular formula is C14H26N2O9. The lowest BCUT2D eigenvalue weighted by molar-refractivity contribution is -0.292. The topological polar surface area (TPSA) is 206 Å². The van der Waals surface area contributed by atoms with Crippen LogP contribution in [0.15, 0.2) is 0 Å². The maximum atomic E-state index is 11.6. The number of carboxylic acid groups (broad SMARTS) is 1. The second-order valence-electron chi connectivity index (χ2n) is 6.48. The number of ether oxygens (including phenoxy) is 2. The molecule has 0 bridgehead atoms. The first-order chi connectivity index (χ1) is 11.4. The predicted octanol–water partition coefficient (Wildman–Crippen LogP) is -3.51. The summed E-state index contributed by atoms with van der Waals surface area (Å²) in [6, 6.07) is -2.20. The van der Waals surface area contributed by atoms with Gasteiger partial charge in [-0.2, -0.15) is 0 Å². The Kier molecular flexibility index (Phi) is 7.26. The van der Waals surface area contributed by atoms with Crippen LogP contribution in [0.4, 0.5) is 0 Å². The number of aliphatic carboxylic acids is 1. The van der Waals surface area contributed by atoms with E-state index in [4.69, 9.17) is 26.0 Å². The summed E-state index contributed by atoms with van der Waals surface area (Å²) in [4.78, 5) is 22.7. The quantitative estimate of drug-likeness (QED) is 0.220. The Labute approximate surface area is 144 Å². The standard InChI is InChI=1S/C14H26N2O9/c1-5(2)8(15)12(20)24-4-7(18)10(19)11-9(16)6(17)3-14(23,25-11)13(21)22/h5-11,17-19,23H,3-4,15-16H2,1-2H3,(H,21,22). The summed E-state index contributed by atoms with van der Waals surface area (Å²) in [6.45, 7) is 2.73. The third kappa shape index (κ3) is 5.07. The minimum atomic E-state index is -2.77. The highest BCUT2D eigenvalue weighted by Gasteiger charge is 2.52. The van der Waals surface area contributed by atoms with Crippen molar-refractivity contribution in [2.75, 3.05) is 6.61 Å². The summed E-state index contributed by atoms with van der Waals surface area (Å²) in [5.41, 5.74) is 11.2. The van der Waals surface area contributed by atoms with Gasteiger partial charge in [-0.15, -0.1) is 0 Å². The van der Waals surface area contributed by atoms with Crippen molar-refractivity contribution in [2.45, 2.75) is 62.6 Å². The van der Waals surface area contributed by atoms with Crippen molar-refractivity contribution in [3.05, 3.63) is 0 Å².